The lowest BCUT2D eigenvalue weighted by atomic mass is 10.1. The SMILES string of the molecule is COc1ccc(-c2cc(C)cc(N(C(=O)C3CC3)c3ccc4c(c3)CCO4)n2)cn1. The van der Waals surface area contributed by atoms with Gasteiger partial charge in [-0.25, -0.2) is 9.97 Å². The van der Waals surface area contributed by atoms with Gasteiger partial charge in [0.05, 0.1) is 25.1 Å². The highest BCUT2D eigenvalue weighted by molar-refractivity contribution is 6.02. The number of benzene rings is 1. The molecule has 1 fully saturated rings. The molecule has 2 aliphatic rings. The second-order valence-corrected chi connectivity index (χ2v) is 7.82. The molecule has 0 radical (unpaired) electrons. The van der Waals surface area contributed by atoms with Gasteiger partial charge in [-0.1, -0.05) is 0 Å². The van der Waals surface area contributed by atoms with Crippen LogP contribution in [-0.4, -0.2) is 29.6 Å². The summed E-state index contributed by atoms with van der Waals surface area (Å²) in [6.07, 6.45) is 4.47. The van der Waals surface area contributed by atoms with Crippen molar-refractivity contribution in [3.8, 4) is 22.9 Å². The minimum Gasteiger partial charge on any atom is -0.493 e. The highest BCUT2D eigenvalue weighted by Gasteiger charge is 2.36. The van der Waals surface area contributed by atoms with Crippen LogP contribution < -0.4 is 14.4 Å². The Kier molecular flexibility index (Phi) is 4.62. The third-order valence-corrected chi connectivity index (χ3v) is 5.50. The summed E-state index contributed by atoms with van der Waals surface area (Å²) in [5.41, 5.74) is 4.66. The van der Waals surface area contributed by atoms with Gasteiger partial charge in [0.1, 0.15) is 11.6 Å². The number of methoxy groups -OCH3 is 1. The average Bonchev–Trinajstić information content (AvgIpc) is 3.51. The molecule has 0 N–H and O–H groups in total. The molecule has 1 aliphatic carbocycles. The predicted octanol–water partition coefficient (Wildman–Crippen LogP) is 4.47. The second-order valence-electron chi connectivity index (χ2n) is 7.82. The quantitative estimate of drug-likeness (QED) is 0.631. The van der Waals surface area contributed by atoms with E-state index in [0.29, 0.717) is 18.3 Å². The molecule has 30 heavy (non-hydrogen) atoms. The molecule has 0 unspecified atom stereocenters. The Hall–Kier alpha value is -3.41. The number of hydrogen-bond acceptors (Lipinski definition) is 5. The third kappa shape index (κ3) is 3.49. The molecule has 3 aromatic rings. The number of pyridine rings is 2. The molecule has 1 amide bonds. The van der Waals surface area contributed by atoms with E-state index in [2.05, 4.69) is 11.1 Å². The first-order chi connectivity index (χ1) is 14.6. The van der Waals surface area contributed by atoms with E-state index in [0.717, 1.165) is 53.1 Å². The second kappa shape index (κ2) is 7.44. The van der Waals surface area contributed by atoms with Crippen LogP contribution in [0.2, 0.25) is 0 Å². The lowest BCUT2D eigenvalue weighted by Crippen LogP contribution is -2.28. The number of fused-ring (bicyclic) bond motifs is 1. The average molecular weight is 401 g/mol. The first kappa shape index (κ1) is 18.6. The van der Waals surface area contributed by atoms with E-state index >= 15 is 0 Å². The van der Waals surface area contributed by atoms with Crippen LogP contribution in [0.4, 0.5) is 11.5 Å². The third-order valence-electron chi connectivity index (χ3n) is 5.50. The van der Waals surface area contributed by atoms with Gasteiger partial charge < -0.3 is 9.47 Å². The van der Waals surface area contributed by atoms with E-state index in [1.807, 2.05) is 43.3 Å². The molecule has 6 nitrogen and oxygen atoms in total. The first-order valence-corrected chi connectivity index (χ1v) is 10.2. The Morgan fingerprint density at radius 2 is 2.03 bits per heavy atom. The Balaban J connectivity index is 1.58. The van der Waals surface area contributed by atoms with E-state index in [-0.39, 0.29) is 11.8 Å². The Morgan fingerprint density at radius 1 is 1.17 bits per heavy atom. The van der Waals surface area contributed by atoms with Crippen LogP contribution in [0.1, 0.15) is 24.0 Å². The molecule has 3 heterocycles. The highest BCUT2D eigenvalue weighted by atomic mass is 16.5. The van der Waals surface area contributed by atoms with Gasteiger partial charge in [0.15, 0.2) is 0 Å². The number of aryl methyl sites for hydroxylation is 1. The van der Waals surface area contributed by atoms with Crippen molar-refractivity contribution >= 4 is 17.4 Å². The zero-order chi connectivity index (χ0) is 20.7. The van der Waals surface area contributed by atoms with Gasteiger partial charge >= 0.3 is 0 Å². The van der Waals surface area contributed by atoms with Crippen LogP contribution in [-0.2, 0) is 11.2 Å². The molecule has 1 aliphatic heterocycles. The number of anilines is 2. The van der Waals surface area contributed by atoms with Gasteiger partial charge in [-0.2, -0.15) is 0 Å². The van der Waals surface area contributed by atoms with Gasteiger partial charge in [-0.05, 0) is 67.3 Å². The lowest BCUT2D eigenvalue weighted by Gasteiger charge is -2.23. The van der Waals surface area contributed by atoms with Crippen molar-refractivity contribution in [2.24, 2.45) is 5.92 Å². The smallest absolute Gasteiger partial charge is 0.235 e. The van der Waals surface area contributed by atoms with Crippen LogP contribution >= 0.6 is 0 Å². The van der Waals surface area contributed by atoms with E-state index < -0.39 is 0 Å². The maximum absolute atomic E-state index is 13.3. The molecule has 0 bridgehead atoms. The van der Waals surface area contributed by atoms with Crippen LogP contribution in [0.3, 0.4) is 0 Å². The van der Waals surface area contributed by atoms with E-state index in [9.17, 15) is 4.79 Å². The van der Waals surface area contributed by atoms with Gasteiger partial charge in [-0.3, -0.25) is 9.69 Å². The zero-order valence-corrected chi connectivity index (χ0v) is 17.1. The fourth-order valence-electron chi connectivity index (χ4n) is 3.76. The number of amides is 1. The number of ether oxygens (including phenoxy) is 2. The normalized spacial score (nSPS) is 14.7. The molecular formula is C24H23N3O3. The van der Waals surface area contributed by atoms with E-state index in [1.54, 1.807) is 18.2 Å². The Morgan fingerprint density at radius 3 is 2.77 bits per heavy atom. The van der Waals surface area contributed by atoms with Crippen LogP contribution in [0.5, 0.6) is 11.6 Å². The molecule has 6 heteroatoms. The fraction of sp³-hybridized carbons (Fsp3) is 0.292. The van der Waals surface area contributed by atoms with Gasteiger partial charge in [0.2, 0.25) is 11.8 Å². The molecule has 2 aromatic heterocycles. The Labute approximate surface area is 175 Å². The largest absolute Gasteiger partial charge is 0.493 e. The number of hydrogen-bond donors (Lipinski definition) is 0. The van der Waals surface area contributed by atoms with Gasteiger partial charge in [0, 0.05) is 30.2 Å². The monoisotopic (exact) mass is 401 g/mol. The van der Waals surface area contributed by atoms with Crippen LogP contribution in [0.25, 0.3) is 11.3 Å². The molecular weight excluding hydrogens is 378 g/mol. The minimum atomic E-state index is 0.0721. The summed E-state index contributed by atoms with van der Waals surface area (Å²) >= 11 is 0. The number of aromatic nitrogens is 2. The number of carbonyl (C=O) groups excluding carboxylic acids is 1. The number of rotatable bonds is 5. The van der Waals surface area contributed by atoms with Crippen molar-refractivity contribution in [2.75, 3.05) is 18.6 Å². The summed E-state index contributed by atoms with van der Waals surface area (Å²) in [6, 6.07) is 13.7. The minimum absolute atomic E-state index is 0.0721. The van der Waals surface area contributed by atoms with Crippen molar-refractivity contribution in [3.63, 3.8) is 0 Å². The molecule has 152 valence electrons. The predicted molar refractivity (Wildman–Crippen MR) is 114 cm³/mol. The summed E-state index contributed by atoms with van der Waals surface area (Å²) in [7, 11) is 1.59. The molecule has 0 saturated heterocycles. The van der Waals surface area contributed by atoms with Crippen molar-refractivity contribution < 1.29 is 14.3 Å². The van der Waals surface area contributed by atoms with Gasteiger partial charge in [0.25, 0.3) is 0 Å². The highest BCUT2D eigenvalue weighted by Crippen LogP contribution is 2.39. The van der Waals surface area contributed by atoms with Crippen molar-refractivity contribution in [1.29, 1.82) is 0 Å². The summed E-state index contributed by atoms with van der Waals surface area (Å²) in [4.78, 5) is 24.2. The molecule has 1 saturated carbocycles. The Bertz CT molecular complexity index is 1110. The summed E-state index contributed by atoms with van der Waals surface area (Å²) < 4.78 is 10.8. The zero-order valence-electron chi connectivity index (χ0n) is 17.1. The summed E-state index contributed by atoms with van der Waals surface area (Å²) in [6.45, 7) is 2.70. The molecule has 0 spiro atoms. The van der Waals surface area contributed by atoms with Crippen molar-refractivity contribution in [2.45, 2.75) is 26.2 Å². The van der Waals surface area contributed by atoms with Crippen LogP contribution in [0, 0.1) is 12.8 Å². The maximum Gasteiger partial charge on any atom is 0.235 e. The van der Waals surface area contributed by atoms with Gasteiger partial charge in [-0.15, -0.1) is 0 Å². The topological polar surface area (TPSA) is 64.5 Å². The maximum atomic E-state index is 13.3. The molecule has 5 rings (SSSR count). The standard InChI is InChI=1S/C24H23N3O3/c1-15-11-20(18-5-8-23(29-2)25-14-18)26-22(12-15)27(24(28)16-3-4-16)19-6-7-21-17(13-19)9-10-30-21/h5-8,11-14,16H,3-4,9-10H2,1-2H3. The number of carbonyl (C=O) groups is 1. The van der Waals surface area contributed by atoms with Crippen LogP contribution in [0.15, 0.2) is 48.7 Å². The summed E-state index contributed by atoms with van der Waals surface area (Å²) in [5, 5.41) is 0. The lowest BCUT2D eigenvalue weighted by molar-refractivity contribution is -0.119. The summed E-state index contributed by atoms with van der Waals surface area (Å²) in [5.74, 6) is 2.27. The first-order valence-electron chi connectivity index (χ1n) is 10.2. The fourth-order valence-corrected chi connectivity index (χ4v) is 3.76. The molecule has 0 atom stereocenters. The van der Waals surface area contributed by atoms with Crippen molar-refractivity contribution in [3.05, 3.63) is 59.8 Å². The molecule has 1 aromatic carbocycles. The van der Waals surface area contributed by atoms with Crippen molar-refractivity contribution in [1.82, 2.24) is 9.97 Å². The van der Waals surface area contributed by atoms with E-state index in [1.165, 1.54) is 0 Å². The van der Waals surface area contributed by atoms with E-state index in [4.69, 9.17) is 14.5 Å². The number of nitrogens with zero attached hydrogens (tertiary/aromatic N) is 3.